The van der Waals surface area contributed by atoms with E-state index in [4.69, 9.17) is 0 Å². The first kappa shape index (κ1) is 15.7. The molecule has 0 N–H and O–H groups in total. The van der Waals surface area contributed by atoms with Gasteiger partial charge in [0.2, 0.25) is 0 Å². The quantitative estimate of drug-likeness (QED) is 0.748. The second-order valence-electron chi connectivity index (χ2n) is 3.76. The van der Waals surface area contributed by atoms with Gasteiger partial charge in [-0.3, -0.25) is 0 Å². The summed E-state index contributed by atoms with van der Waals surface area (Å²) in [6.45, 7) is -0.898. The van der Waals surface area contributed by atoms with Gasteiger partial charge < -0.3 is 0 Å². The van der Waals surface area contributed by atoms with Crippen LogP contribution in [-0.4, -0.2) is 18.7 Å². The summed E-state index contributed by atoms with van der Waals surface area (Å²) in [4.78, 5) is 0. The van der Waals surface area contributed by atoms with Crippen molar-refractivity contribution < 1.29 is 35.8 Å². The van der Waals surface area contributed by atoms with Crippen LogP contribution in [0.1, 0.15) is 11.1 Å². The molecule has 0 aliphatic heterocycles. The second-order valence-corrected chi connectivity index (χ2v) is 3.76. The molecule has 0 fully saturated rings. The molecule has 0 aliphatic carbocycles. The SMILES string of the molecule is [O]CCc1ccccc1C(F)(F)C(F)(F)C(F)(F)F. The summed E-state index contributed by atoms with van der Waals surface area (Å²) in [6, 6.07) is 3.47. The molecular formula is C11H8F7O. The molecular weight excluding hydrogens is 281 g/mol. The average Bonchev–Trinajstić information content (AvgIpc) is 2.28. The molecule has 1 aromatic carbocycles. The van der Waals surface area contributed by atoms with Crippen molar-refractivity contribution in [3.63, 3.8) is 0 Å². The highest BCUT2D eigenvalue weighted by Gasteiger charge is 2.73. The number of hydrogen-bond donors (Lipinski definition) is 0. The maximum absolute atomic E-state index is 13.4. The number of rotatable bonds is 4. The van der Waals surface area contributed by atoms with Gasteiger partial charge in [0, 0.05) is 5.56 Å². The fourth-order valence-corrected chi connectivity index (χ4v) is 1.50. The van der Waals surface area contributed by atoms with E-state index in [1.165, 1.54) is 6.07 Å². The van der Waals surface area contributed by atoms with Gasteiger partial charge in [-0.25, -0.2) is 5.11 Å². The van der Waals surface area contributed by atoms with Crippen molar-refractivity contribution in [2.45, 2.75) is 24.4 Å². The molecule has 0 amide bonds. The largest absolute Gasteiger partial charge is 0.460 e. The fourth-order valence-electron chi connectivity index (χ4n) is 1.50. The highest BCUT2D eigenvalue weighted by molar-refractivity contribution is 5.33. The van der Waals surface area contributed by atoms with Crippen molar-refractivity contribution in [2.24, 2.45) is 0 Å². The number of alkyl halides is 7. The van der Waals surface area contributed by atoms with Crippen LogP contribution in [0.15, 0.2) is 24.3 Å². The maximum atomic E-state index is 13.4. The Morgan fingerprint density at radius 2 is 1.42 bits per heavy atom. The van der Waals surface area contributed by atoms with Crippen LogP contribution in [0.5, 0.6) is 0 Å². The van der Waals surface area contributed by atoms with Crippen LogP contribution >= 0.6 is 0 Å². The van der Waals surface area contributed by atoms with E-state index in [0.29, 0.717) is 6.07 Å². The molecule has 107 valence electrons. The lowest BCUT2D eigenvalue weighted by Gasteiger charge is -2.29. The maximum Gasteiger partial charge on any atom is 0.460 e. The van der Waals surface area contributed by atoms with Crippen molar-refractivity contribution >= 4 is 0 Å². The van der Waals surface area contributed by atoms with Gasteiger partial charge in [-0.15, -0.1) is 0 Å². The first-order valence-corrected chi connectivity index (χ1v) is 5.04. The molecule has 0 bridgehead atoms. The lowest BCUT2D eigenvalue weighted by molar-refractivity contribution is -0.359. The molecule has 1 rings (SSSR count). The van der Waals surface area contributed by atoms with Crippen molar-refractivity contribution in [1.82, 2.24) is 0 Å². The molecule has 0 spiro atoms. The summed E-state index contributed by atoms with van der Waals surface area (Å²) in [5.74, 6) is -11.6. The average molecular weight is 289 g/mol. The number of hydrogen-bond acceptors (Lipinski definition) is 0. The van der Waals surface area contributed by atoms with Gasteiger partial charge in [-0.2, -0.15) is 30.7 Å². The highest BCUT2D eigenvalue weighted by atomic mass is 19.4. The number of halogens is 7. The van der Waals surface area contributed by atoms with Gasteiger partial charge >= 0.3 is 18.0 Å². The molecule has 0 aromatic heterocycles. The van der Waals surface area contributed by atoms with E-state index >= 15 is 0 Å². The van der Waals surface area contributed by atoms with E-state index in [2.05, 4.69) is 0 Å². The summed E-state index contributed by atoms with van der Waals surface area (Å²) in [6.07, 6.45) is -6.94. The Bertz CT molecular complexity index is 439. The van der Waals surface area contributed by atoms with Crippen molar-refractivity contribution in [2.75, 3.05) is 6.61 Å². The zero-order valence-electron chi connectivity index (χ0n) is 9.28. The molecule has 0 aliphatic rings. The van der Waals surface area contributed by atoms with Crippen LogP contribution in [0.4, 0.5) is 30.7 Å². The summed E-state index contributed by atoms with van der Waals surface area (Å²) in [5.41, 5.74) is -2.00. The Morgan fingerprint density at radius 1 is 0.895 bits per heavy atom. The lowest BCUT2D eigenvalue weighted by atomic mass is 9.95. The topological polar surface area (TPSA) is 19.9 Å². The van der Waals surface area contributed by atoms with Crippen molar-refractivity contribution in [1.29, 1.82) is 0 Å². The van der Waals surface area contributed by atoms with Crippen LogP contribution in [-0.2, 0) is 17.4 Å². The van der Waals surface area contributed by atoms with E-state index in [1.807, 2.05) is 0 Å². The van der Waals surface area contributed by atoms with Gasteiger partial charge in [0.25, 0.3) is 0 Å². The van der Waals surface area contributed by atoms with Crippen LogP contribution in [0.3, 0.4) is 0 Å². The Morgan fingerprint density at radius 3 is 1.89 bits per heavy atom. The zero-order valence-corrected chi connectivity index (χ0v) is 9.28. The monoisotopic (exact) mass is 289 g/mol. The first-order valence-electron chi connectivity index (χ1n) is 5.04. The zero-order chi connectivity index (χ0) is 14.9. The molecule has 1 nitrogen and oxygen atoms in total. The molecule has 1 radical (unpaired) electrons. The summed E-state index contributed by atoms with van der Waals surface area (Å²) < 4.78 is 88.7. The van der Waals surface area contributed by atoms with Gasteiger partial charge in [0.1, 0.15) is 0 Å². The van der Waals surface area contributed by atoms with Crippen LogP contribution in [0.25, 0.3) is 0 Å². The lowest BCUT2D eigenvalue weighted by Crippen LogP contribution is -2.50. The molecule has 0 atom stereocenters. The second kappa shape index (κ2) is 4.99. The van der Waals surface area contributed by atoms with Gasteiger partial charge in [0.05, 0.1) is 6.61 Å². The van der Waals surface area contributed by atoms with Gasteiger partial charge in [-0.05, 0) is 12.0 Å². The Balaban J connectivity index is 3.35. The Hall–Kier alpha value is -1.31. The molecule has 0 unspecified atom stereocenters. The third kappa shape index (κ3) is 2.68. The smallest absolute Gasteiger partial charge is 0.236 e. The molecule has 19 heavy (non-hydrogen) atoms. The third-order valence-corrected chi connectivity index (χ3v) is 2.48. The van der Waals surface area contributed by atoms with Crippen LogP contribution < -0.4 is 0 Å². The first-order chi connectivity index (χ1) is 8.55. The predicted molar refractivity (Wildman–Crippen MR) is 50.6 cm³/mol. The van der Waals surface area contributed by atoms with Crippen molar-refractivity contribution in [3.05, 3.63) is 35.4 Å². The van der Waals surface area contributed by atoms with Crippen molar-refractivity contribution in [3.8, 4) is 0 Å². The van der Waals surface area contributed by atoms with E-state index in [0.717, 1.165) is 12.1 Å². The van der Waals surface area contributed by atoms with Gasteiger partial charge in [-0.1, -0.05) is 24.3 Å². The molecule has 0 saturated carbocycles. The molecule has 8 heteroatoms. The summed E-state index contributed by atoms with van der Waals surface area (Å²) >= 11 is 0. The molecule has 0 heterocycles. The van der Waals surface area contributed by atoms with Gasteiger partial charge in [0.15, 0.2) is 0 Å². The van der Waals surface area contributed by atoms with E-state index in [9.17, 15) is 35.8 Å². The minimum Gasteiger partial charge on any atom is -0.236 e. The van der Waals surface area contributed by atoms with E-state index < -0.39 is 42.2 Å². The minimum atomic E-state index is -6.39. The standard InChI is InChI=1S/C11H8F7O/c12-9(13,10(14,15)11(16,17)18)8-4-2-1-3-7(8)5-6-19/h1-4H,5-6H2. The van der Waals surface area contributed by atoms with E-state index in [-0.39, 0.29) is 0 Å². The van der Waals surface area contributed by atoms with Crippen LogP contribution in [0.2, 0.25) is 0 Å². The Kier molecular flexibility index (Phi) is 4.14. The molecule has 1 aromatic rings. The molecule has 0 saturated heterocycles. The van der Waals surface area contributed by atoms with Crippen LogP contribution in [0, 0.1) is 0 Å². The highest BCUT2D eigenvalue weighted by Crippen LogP contribution is 2.52. The summed E-state index contributed by atoms with van der Waals surface area (Å²) in [7, 11) is 0. The Labute approximate surface area is 103 Å². The normalized spacial score (nSPS) is 13.7. The van der Waals surface area contributed by atoms with E-state index in [1.54, 1.807) is 0 Å². The predicted octanol–water partition coefficient (Wildman–Crippen LogP) is 3.95. The fraction of sp³-hybridized carbons (Fsp3) is 0.455. The minimum absolute atomic E-state index is 0.463. The summed E-state index contributed by atoms with van der Waals surface area (Å²) in [5, 5.41) is 10.4. The number of benzene rings is 1. The third-order valence-electron chi connectivity index (χ3n) is 2.48.